The van der Waals surface area contributed by atoms with Crippen LogP contribution in [0.4, 0.5) is 5.69 Å². The van der Waals surface area contributed by atoms with Crippen LogP contribution in [-0.4, -0.2) is 19.3 Å². The zero-order valence-corrected chi connectivity index (χ0v) is 14.2. The van der Waals surface area contributed by atoms with Gasteiger partial charge in [0, 0.05) is 24.5 Å². The first-order valence-corrected chi connectivity index (χ1v) is 8.78. The van der Waals surface area contributed by atoms with Crippen LogP contribution in [0, 0.1) is 10.1 Å². The van der Waals surface area contributed by atoms with Crippen LogP contribution in [-0.2, 0) is 14.8 Å². The van der Waals surface area contributed by atoms with E-state index in [1.807, 2.05) is 0 Å². The van der Waals surface area contributed by atoms with E-state index in [1.165, 1.54) is 0 Å². The van der Waals surface area contributed by atoms with Crippen molar-refractivity contribution in [2.45, 2.75) is 17.4 Å². The molecule has 0 aliphatic heterocycles. The van der Waals surface area contributed by atoms with Crippen LogP contribution in [0.5, 0.6) is 0 Å². The molecule has 1 atom stereocenters. The van der Waals surface area contributed by atoms with Gasteiger partial charge in [-0.3, -0.25) is 10.1 Å². The summed E-state index contributed by atoms with van der Waals surface area (Å²) in [5, 5.41) is 21.6. The number of carbonyl (C=O) groups excluding carboxylic acids is 1. The van der Waals surface area contributed by atoms with E-state index >= 15 is 0 Å². The molecule has 2 rings (SSSR count). The Morgan fingerprint density at radius 1 is 1.20 bits per heavy atom. The first-order valence-electron chi connectivity index (χ1n) is 6.92. The summed E-state index contributed by atoms with van der Waals surface area (Å²) >= 11 is 5.85. The summed E-state index contributed by atoms with van der Waals surface area (Å²) < 4.78 is 27.3. The highest BCUT2D eigenvalue weighted by atomic mass is 35.5. The Morgan fingerprint density at radius 3 is 2.40 bits per heavy atom. The van der Waals surface area contributed by atoms with Crippen molar-refractivity contribution in [1.29, 1.82) is 0 Å². The fourth-order valence-electron chi connectivity index (χ4n) is 2.14. The molecule has 0 spiro atoms. The fraction of sp³-hybridized carbons (Fsp3) is 0.133. The molecule has 1 N–H and O–H groups in total. The smallest absolute Gasteiger partial charge is 0.270 e. The van der Waals surface area contributed by atoms with Crippen LogP contribution < -0.4 is 9.83 Å². The molecule has 0 saturated heterocycles. The lowest BCUT2D eigenvalue weighted by molar-refractivity contribution is -0.385. The van der Waals surface area contributed by atoms with Gasteiger partial charge in [-0.05, 0) is 11.6 Å². The first kappa shape index (κ1) is 18.8. The Kier molecular flexibility index (Phi) is 5.73. The second-order valence-corrected chi connectivity index (χ2v) is 7.12. The molecule has 0 aliphatic carbocycles. The molecule has 25 heavy (non-hydrogen) atoms. The molecule has 2 aromatic rings. The van der Waals surface area contributed by atoms with Gasteiger partial charge >= 0.3 is 0 Å². The lowest BCUT2D eigenvalue weighted by Gasteiger charge is -2.20. The van der Waals surface area contributed by atoms with Crippen LogP contribution in [0.1, 0.15) is 18.0 Å². The summed E-state index contributed by atoms with van der Waals surface area (Å²) in [6.07, 6.45) is -0.615. The maximum absolute atomic E-state index is 12.6. The van der Waals surface area contributed by atoms with Crippen molar-refractivity contribution in [3.63, 3.8) is 0 Å². The maximum Gasteiger partial charge on any atom is 0.270 e. The maximum atomic E-state index is 12.6. The number of benzene rings is 2. The van der Waals surface area contributed by atoms with E-state index in [0.29, 0.717) is 5.56 Å². The van der Waals surface area contributed by atoms with Gasteiger partial charge in [-0.1, -0.05) is 41.9 Å². The van der Waals surface area contributed by atoms with Gasteiger partial charge in [-0.2, -0.15) is 0 Å². The van der Waals surface area contributed by atoms with E-state index in [2.05, 4.69) is 4.72 Å². The highest BCUT2D eigenvalue weighted by molar-refractivity contribution is 7.89. The predicted molar refractivity (Wildman–Crippen MR) is 87.2 cm³/mol. The van der Waals surface area contributed by atoms with Crippen LogP contribution in [0.15, 0.2) is 53.4 Å². The Hall–Kier alpha value is -2.49. The third-order valence-electron chi connectivity index (χ3n) is 3.29. The molecule has 0 radical (unpaired) electrons. The average molecular weight is 384 g/mol. The Balaban J connectivity index is 2.42. The predicted octanol–water partition coefficient (Wildman–Crippen LogP) is 1.41. The molecule has 10 heteroatoms. The Labute approximate surface area is 148 Å². The number of nitro benzene ring substituents is 1. The molecule has 0 unspecified atom stereocenters. The van der Waals surface area contributed by atoms with Crippen LogP contribution in [0.3, 0.4) is 0 Å². The number of carbonyl (C=O) groups is 1. The normalized spacial score (nSPS) is 12.5. The lowest BCUT2D eigenvalue weighted by atomic mass is 10.1. The number of rotatable bonds is 7. The third kappa shape index (κ3) is 4.75. The number of nitro groups is 1. The van der Waals surface area contributed by atoms with Crippen LogP contribution >= 0.6 is 11.6 Å². The Bertz CT molecular complexity index is 901. The number of carboxylic acid groups (broad SMARTS) is 1. The molecule has 0 aliphatic rings. The number of sulfonamides is 1. The van der Waals surface area contributed by atoms with Gasteiger partial charge in [0.05, 0.1) is 16.0 Å². The molecule has 132 valence electrons. The van der Waals surface area contributed by atoms with Crippen molar-refractivity contribution in [3.05, 3.63) is 69.2 Å². The van der Waals surface area contributed by atoms with Crippen molar-refractivity contribution in [2.24, 2.45) is 0 Å². The zero-order valence-electron chi connectivity index (χ0n) is 12.6. The van der Waals surface area contributed by atoms with E-state index in [4.69, 9.17) is 11.6 Å². The molecule has 0 amide bonds. The summed E-state index contributed by atoms with van der Waals surface area (Å²) in [4.78, 5) is 20.5. The van der Waals surface area contributed by atoms with Gasteiger partial charge in [-0.25, -0.2) is 13.1 Å². The van der Waals surface area contributed by atoms with Gasteiger partial charge in [0.2, 0.25) is 10.0 Å². The number of nitrogens with one attached hydrogen (secondary N) is 1. The largest absolute Gasteiger partial charge is 0.550 e. The highest BCUT2D eigenvalue weighted by Gasteiger charge is 2.25. The summed E-state index contributed by atoms with van der Waals surface area (Å²) in [6.45, 7) is 0. The summed E-state index contributed by atoms with van der Waals surface area (Å²) in [7, 11) is -4.32. The SMILES string of the molecule is O=C([O-])C[C@H](NS(=O)(=O)c1cc([N+](=O)[O-])ccc1Cl)c1ccccc1. The van der Waals surface area contributed by atoms with Crippen molar-refractivity contribution >= 4 is 33.3 Å². The minimum absolute atomic E-state index is 0.224. The molecule has 2 aromatic carbocycles. The number of halogens is 1. The van der Waals surface area contributed by atoms with Crippen LogP contribution in [0.2, 0.25) is 5.02 Å². The molecule has 8 nitrogen and oxygen atoms in total. The van der Waals surface area contributed by atoms with Crippen molar-refractivity contribution in [1.82, 2.24) is 4.72 Å². The van der Waals surface area contributed by atoms with Gasteiger partial charge < -0.3 is 9.90 Å². The topological polar surface area (TPSA) is 129 Å². The summed E-state index contributed by atoms with van der Waals surface area (Å²) in [5.41, 5.74) is -0.0576. The van der Waals surface area contributed by atoms with Gasteiger partial charge in [0.25, 0.3) is 5.69 Å². The summed E-state index contributed by atoms with van der Waals surface area (Å²) in [5.74, 6) is -1.46. The number of nitrogens with zero attached hydrogens (tertiary/aromatic N) is 1. The molecular weight excluding hydrogens is 372 g/mol. The summed E-state index contributed by atoms with van der Waals surface area (Å²) in [6, 6.07) is 9.86. The number of carboxylic acids is 1. The average Bonchev–Trinajstić information content (AvgIpc) is 2.54. The molecular formula is C15H12ClN2O6S-. The van der Waals surface area contributed by atoms with Gasteiger partial charge in [0.15, 0.2) is 0 Å². The fourth-order valence-corrected chi connectivity index (χ4v) is 3.89. The van der Waals surface area contributed by atoms with Crippen LogP contribution in [0.25, 0.3) is 0 Å². The first-order chi connectivity index (χ1) is 11.7. The molecule has 0 heterocycles. The standard InChI is InChI=1S/C15H13ClN2O6S/c16-12-7-6-11(18(21)22)8-14(12)25(23,24)17-13(9-15(19)20)10-4-2-1-3-5-10/h1-8,13,17H,9H2,(H,19,20)/p-1/t13-/m0/s1. The molecule has 0 saturated carbocycles. The zero-order chi connectivity index (χ0) is 18.6. The van der Waals surface area contributed by atoms with Gasteiger partial charge in [-0.15, -0.1) is 0 Å². The van der Waals surface area contributed by atoms with E-state index in [0.717, 1.165) is 18.2 Å². The van der Waals surface area contributed by atoms with E-state index < -0.39 is 44.0 Å². The monoisotopic (exact) mass is 383 g/mol. The number of aliphatic carboxylic acids is 1. The lowest BCUT2D eigenvalue weighted by Crippen LogP contribution is -2.34. The van der Waals surface area contributed by atoms with Crippen molar-refractivity contribution in [2.75, 3.05) is 0 Å². The van der Waals surface area contributed by atoms with E-state index in [9.17, 15) is 28.4 Å². The molecule has 0 bridgehead atoms. The Morgan fingerprint density at radius 2 is 1.84 bits per heavy atom. The third-order valence-corrected chi connectivity index (χ3v) is 5.24. The number of non-ortho nitro benzene ring substituents is 1. The molecule has 0 aromatic heterocycles. The second kappa shape index (κ2) is 7.60. The highest BCUT2D eigenvalue weighted by Crippen LogP contribution is 2.28. The van der Waals surface area contributed by atoms with E-state index in [-0.39, 0.29) is 5.02 Å². The quantitative estimate of drug-likeness (QED) is 0.568. The number of hydrogen-bond donors (Lipinski definition) is 1. The minimum atomic E-state index is -4.32. The van der Waals surface area contributed by atoms with Crippen molar-refractivity contribution < 1.29 is 23.2 Å². The molecule has 0 fully saturated rings. The second-order valence-electron chi connectivity index (χ2n) is 5.03. The number of hydrogen-bond acceptors (Lipinski definition) is 6. The van der Waals surface area contributed by atoms with Crippen molar-refractivity contribution in [3.8, 4) is 0 Å². The minimum Gasteiger partial charge on any atom is -0.550 e. The van der Waals surface area contributed by atoms with E-state index in [1.54, 1.807) is 30.3 Å². The van der Waals surface area contributed by atoms with Gasteiger partial charge in [0.1, 0.15) is 4.90 Å².